The number of nitrogens with one attached hydrogen (secondary N) is 3. The minimum Gasteiger partial charge on any atom is -0.493 e. The molecule has 3 aromatic heterocycles. The smallest absolute Gasteiger partial charge is 0.409 e. The number of pyridine rings is 1. The number of benzene rings is 3. The number of imide groups is 1. The van der Waals surface area contributed by atoms with E-state index in [1.165, 1.54) is 34.2 Å². The van der Waals surface area contributed by atoms with E-state index in [1.54, 1.807) is 24.6 Å². The van der Waals surface area contributed by atoms with Gasteiger partial charge >= 0.3 is 18.0 Å². The Bertz CT molecular complexity index is 4320. The number of hydrogen-bond acceptors (Lipinski definition) is 23. The number of hydrogen-bond donors (Lipinski definition) is 9. The molecule has 5 amide bonds. The number of carbonyl (C=O) groups excluding carboxylic acids is 5. The van der Waals surface area contributed by atoms with Gasteiger partial charge in [0.05, 0.1) is 35.2 Å². The number of aromatic carboxylic acids is 1. The summed E-state index contributed by atoms with van der Waals surface area (Å²) in [6, 6.07) is 20.5. The fourth-order valence-corrected chi connectivity index (χ4v) is 18.0. The molecule has 5 fully saturated rings. The Morgan fingerprint density at radius 1 is 0.863 bits per heavy atom. The quantitative estimate of drug-likeness (QED) is 0.0170. The van der Waals surface area contributed by atoms with Gasteiger partial charge in [0.25, 0.3) is 21.9 Å². The summed E-state index contributed by atoms with van der Waals surface area (Å²) in [6.45, 7) is 8.23. The summed E-state index contributed by atoms with van der Waals surface area (Å²) >= 11 is 1.61. The van der Waals surface area contributed by atoms with Gasteiger partial charge in [-0.1, -0.05) is 55.5 Å². The Morgan fingerprint density at radius 3 is 2.34 bits per heavy atom. The monoisotopic (exact) mass is 1450 g/mol. The van der Waals surface area contributed by atoms with Gasteiger partial charge in [0.15, 0.2) is 16.9 Å². The zero-order valence-electron chi connectivity index (χ0n) is 56.6. The molecule has 32 heteroatoms. The van der Waals surface area contributed by atoms with Crippen molar-refractivity contribution in [3.05, 3.63) is 125 Å². The van der Waals surface area contributed by atoms with Gasteiger partial charge in [0.1, 0.15) is 54.0 Å². The second-order valence-corrected chi connectivity index (χ2v) is 30.9. The van der Waals surface area contributed by atoms with Gasteiger partial charge in [0, 0.05) is 99.9 Å². The first-order valence-electron chi connectivity index (χ1n) is 33.6. The molecule has 0 spiro atoms. The summed E-state index contributed by atoms with van der Waals surface area (Å²) < 4.78 is 66.3. The van der Waals surface area contributed by atoms with Crippen LogP contribution in [0.5, 0.6) is 11.5 Å². The molecular formula is C70H82N10O20S2. The number of aliphatic hydroxyl groups excluding tert-OH is 3. The second-order valence-electron chi connectivity index (χ2n) is 28.3. The number of fused-ring (bicyclic) bond motifs is 2. The zero-order chi connectivity index (χ0) is 72.6. The van der Waals surface area contributed by atoms with Gasteiger partial charge in [0.2, 0.25) is 18.1 Å². The number of anilines is 2. The van der Waals surface area contributed by atoms with Crippen molar-refractivity contribution in [3.63, 3.8) is 0 Å². The molecule has 6 aromatic rings. The normalized spacial score (nSPS) is 25.3. The fourth-order valence-electron chi connectivity index (χ4n) is 16.5. The van der Waals surface area contributed by atoms with Gasteiger partial charge in [-0.3, -0.25) is 33.3 Å². The highest BCUT2D eigenvalue weighted by molar-refractivity contribution is 7.85. The number of rotatable bonds is 29. The van der Waals surface area contributed by atoms with Crippen LogP contribution in [0.3, 0.4) is 0 Å². The predicted octanol–water partition coefficient (Wildman–Crippen LogP) is 4.98. The van der Waals surface area contributed by atoms with Crippen LogP contribution in [0.25, 0.3) is 21.3 Å². The molecule has 544 valence electrons. The molecule has 4 aliphatic carbocycles. The van der Waals surface area contributed by atoms with Gasteiger partial charge < -0.3 is 75.0 Å². The Kier molecular flexibility index (Phi) is 20.9. The number of carboxylic acids is 2. The first-order chi connectivity index (χ1) is 48.5. The Labute approximate surface area is 590 Å². The van der Waals surface area contributed by atoms with Crippen LogP contribution in [-0.2, 0) is 81.0 Å². The maximum absolute atomic E-state index is 13.8. The summed E-state index contributed by atoms with van der Waals surface area (Å²) in [4.78, 5) is 102. The van der Waals surface area contributed by atoms with Crippen molar-refractivity contribution in [2.75, 3.05) is 62.4 Å². The van der Waals surface area contributed by atoms with Crippen LogP contribution < -0.4 is 30.3 Å². The molecule has 102 heavy (non-hydrogen) atoms. The van der Waals surface area contributed by atoms with Crippen molar-refractivity contribution >= 4 is 84.3 Å². The average Bonchev–Trinajstić information content (AvgIpc) is 0.786. The molecular weight excluding hydrogens is 1360 g/mol. The molecule has 30 nitrogen and oxygen atoms in total. The topological polar surface area (TPSA) is 411 Å². The highest BCUT2D eigenvalue weighted by Crippen LogP contribution is 2.72. The summed E-state index contributed by atoms with van der Waals surface area (Å²) in [5.41, 5.74) is 5.86. The number of nitrogens with zero attached hydrogens (tertiary/aromatic N) is 7. The first kappa shape index (κ1) is 72.6. The van der Waals surface area contributed by atoms with E-state index in [1.807, 2.05) is 41.9 Å². The van der Waals surface area contributed by atoms with Crippen molar-refractivity contribution in [1.82, 2.24) is 40.2 Å². The van der Waals surface area contributed by atoms with Crippen molar-refractivity contribution in [3.8, 4) is 22.6 Å². The number of carbonyl (C=O) groups is 7. The highest BCUT2D eigenvalue weighted by Gasteiger charge is 2.66. The van der Waals surface area contributed by atoms with E-state index >= 15 is 0 Å². The number of aliphatic carboxylic acids is 1. The number of para-hydroxylation sites is 1. The molecule has 9 N–H and O–H groups in total. The Balaban J connectivity index is 0.670. The van der Waals surface area contributed by atoms with E-state index < -0.39 is 106 Å². The largest absolute Gasteiger partial charge is 0.493 e. The van der Waals surface area contributed by atoms with E-state index in [0.717, 1.165) is 88.6 Å². The zero-order valence-corrected chi connectivity index (χ0v) is 58.2. The minimum atomic E-state index is -4.82. The van der Waals surface area contributed by atoms with Crippen LogP contribution in [0.15, 0.2) is 91.1 Å². The molecule has 13 rings (SSSR count). The van der Waals surface area contributed by atoms with Crippen molar-refractivity contribution < 1.29 is 95.7 Å². The Hall–Kier alpha value is -9.15. The lowest BCUT2D eigenvalue weighted by Gasteiger charge is -2.69. The molecule has 3 aromatic carbocycles. The lowest BCUT2D eigenvalue weighted by Crippen LogP contribution is -2.64. The molecule has 8 atom stereocenters. The minimum absolute atomic E-state index is 0.0182. The standard InChI is InChI=1S/C70H82N10O20S2/c1-40-46(45-15-16-52(76-56(45)62(88)89)78-22-19-41-9-7-10-42(47(41)30-78)28-72-65-75-48-11-5-6-12-51(48)101-65)29-73-80(40)39-69-34-67(2)33-68(3,35-69)37-70(36-67,38-69)98-26-24-77(4)66(92)97-31-43-13-14-44(99-64-59(86)57(84)58(85)60(100-64)63(90)91)27-50(43)96-25-8-21-71-61(87)49(32-102(93,94)95)74-53(81)20-23-79-54(82)17-18-55(79)83/h5-7,9-18,27,29,49,57-60,64,84-86H,8,19-26,28,30-39H2,1-4H3,(H,71,87)(H,72,75)(H,74,81)(H,88,89)(H,90,91)(H,93,94,95)/t49-,57-,58-,59+,60-,64+,67?,68?,69?,70?/m0/s1. The predicted molar refractivity (Wildman–Crippen MR) is 366 cm³/mol. The molecule has 4 bridgehead atoms. The average molecular weight is 1450 g/mol. The summed E-state index contributed by atoms with van der Waals surface area (Å²) in [5.74, 6) is -6.70. The van der Waals surface area contributed by atoms with E-state index in [2.05, 4.69) is 59.0 Å². The third kappa shape index (κ3) is 16.2. The van der Waals surface area contributed by atoms with Crippen molar-refractivity contribution in [2.45, 2.75) is 147 Å². The van der Waals surface area contributed by atoms with E-state index in [-0.39, 0.29) is 84.9 Å². The van der Waals surface area contributed by atoms with E-state index in [9.17, 15) is 72.1 Å². The Morgan fingerprint density at radius 2 is 1.62 bits per heavy atom. The SMILES string of the molecule is Cc1c(-c2ccc(N3CCc4cccc(CNc5nc6ccccc6s5)c4C3)nc2C(=O)O)cnn1CC12CC3(C)CC(C)(C1)CC(OCCN(C)C(=O)OCc1ccc(O[C@@H]4O[C@H](C(=O)O)[C@@H](O)[C@H](O)[C@H]4O)cc1OCCCNC(=O)[C@H](CS(=O)(=O)O)NC(=O)CCN1C(=O)C=CC1=O)(C3)C2. The van der Waals surface area contributed by atoms with Crippen LogP contribution in [0.2, 0.25) is 0 Å². The number of aromatic nitrogens is 4. The summed E-state index contributed by atoms with van der Waals surface area (Å²) in [6.07, 6.45) is -1.01. The van der Waals surface area contributed by atoms with Crippen LogP contribution in [0, 0.1) is 23.2 Å². The van der Waals surface area contributed by atoms with Gasteiger partial charge in [-0.15, -0.1) is 0 Å². The molecule has 7 aliphatic rings. The third-order valence-corrected chi connectivity index (χ3v) is 21.8. The van der Waals surface area contributed by atoms with Crippen LogP contribution in [-0.4, -0.2) is 204 Å². The van der Waals surface area contributed by atoms with Gasteiger partial charge in [-0.05, 0) is 128 Å². The maximum Gasteiger partial charge on any atom is 0.409 e. The van der Waals surface area contributed by atoms with Crippen LogP contribution in [0.4, 0.5) is 15.7 Å². The number of amides is 5. The number of ether oxygens (including phenoxy) is 5. The fraction of sp³-hybridized carbons (Fsp3) is 0.486. The lowest BCUT2D eigenvalue weighted by atomic mass is 9.39. The maximum atomic E-state index is 13.8. The third-order valence-electron chi connectivity index (χ3n) is 20.0. The van der Waals surface area contributed by atoms with Crippen molar-refractivity contribution in [2.24, 2.45) is 16.2 Å². The number of thiazole rings is 1. The van der Waals surface area contributed by atoms with E-state index in [4.69, 9.17) is 38.8 Å². The number of carboxylic acid groups (broad SMARTS) is 2. The molecule has 6 heterocycles. The summed E-state index contributed by atoms with van der Waals surface area (Å²) in [7, 11) is -3.26. The lowest BCUT2D eigenvalue weighted by molar-refractivity contribution is -0.271. The molecule has 2 unspecified atom stereocenters. The molecule has 4 saturated carbocycles. The highest BCUT2D eigenvalue weighted by atomic mass is 32.2. The van der Waals surface area contributed by atoms with Crippen molar-refractivity contribution in [1.29, 1.82) is 0 Å². The molecule has 0 radical (unpaired) electrons. The van der Waals surface area contributed by atoms with Gasteiger partial charge in [-0.2, -0.15) is 13.5 Å². The number of likely N-dealkylation sites (N-methyl/N-ethyl adjacent to an activating group) is 1. The molecule has 1 saturated heterocycles. The van der Waals surface area contributed by atoms with E-state index in [0.29, 0.717) is 43.1 Å². The second kappa shape index (κ2) is 29.3. The van der Waals surface area contributed by atoms with Crippen LogP contribution in [0.1, 0.15) is 104 Å². The van der Waals surface area contributed by atoms with Crippen LogP contribution >= 0.6 is 11.3 Å². The van der Waals surface area contributed by atoms with Gasteiger partial charge in [-0.25, -0.2) is 24.4 Å². The molecule has 3 aliphatic heterocycles. The summed E-state index contributed by atoms with van der Waals surface area (Å²) in [5, 5.41) is 65.7. The first-order valence-corrected chi connectivity index (χ1v) is 36.0. The number of aliphatic hydroxyl groups is 3.